The summed E-state index contributed by atoms with van der Waals surface area (Å²) in [7, 11) is -5.20. The standard InChI is InChI=1S/C4H14O5Si3/c1-10(2)6-8-12(5)9-7-11(3)4/h10-11H,1-4H3. The lowest BCUT2D eigenvalue weighted by Crippen LogP contribution is -2.21. The molecule has 0 rings (SSSR count). The summed E-state index contributed by atoms with van der Waals surface area (Å²) in [6, 6.07) is 0. The SMILES string of the molecule is C[SiH](C)OO[Si](=O)OO[SiH](C)C. The van der Waals surface area contributed by atoms with E-state index in [2.05, 4.69) is 9.15 Å². The Morgan fingerprint density at radius 1 is 0.917 bits per heavy atom. The maximum absolute atomic E-state index is 10.8. The molecule has 0 aliphatic rings. The van der Waals surface area contributed by atoms with Crippen molar-refractivity contribution in [3.8, 4) is 0 Å². The average molecular weight is 226 g/mol. The third kappa shape index (κ3) is 8.07. The third-order valence-electron chi connectivity index (χ3n) is 0.617. The van der Waals surface area contributed by atoms with Gasteiger partial charge in [0.2, 0.25) is 18.1 Å². The molecule has 0 heterocycles. The van der Waals surface area contributed by atoms with Gasteiger partial charge in [0, 0.05) is 0 Å². The molecular weight excluding hydrogens is 212 g/mol. The van der Waals surface area contributed by atoms with E-state index in [9.17, 15) is 4.46 Å². The molecular formula is C4H14O5Si3. The predicted molar refractivity (Wildman–Crippen MR) is 48.5 cm³/mol. The van der Waals surface area contributed by atoms with Crippen LogP contribution in [0.5, 0.6) is 0 Å². The van der Waals surface area contributed by atoms with Gasteiger partial charge in [-0.1, -0.05) is 0 Å². The Kier molecular flexibility index (Phi) is 6.47. The molecule has 0 saturated heterocycles. The van der Waals surface area contributed by atoms with Crippen molar-refractivity contribution in [1.82, 2.24) is 0 Å². The second-order valence-corrected chi connectivity index (χ2v) is 8.12. The molecule has 0 aliphatic heterocycles. The van der Waals surface area contributed by atoms with E-state index in [0.29, 0.717) is 0 Å². The van der Waals surface area contributed by atoms with E-state index in [1.54, 1.807) is 0 Å². The lowest BCUT2D eigenvalue weighted by Gasteiger charge is -2.06. The molecule has 5 nitrogen and oxygen atoms in total. The van der Waals surface area contributed by atoms with Gasteiger partial charge in [-0.15, -0.1) is 0 Å². The number of hydrogen-bond acceptors (Lipinski definition) is 5. The highest BCUT2D eigenvalue weighted by Crippen LogP contribution is 1.90. The maximum Gasteiger partial charge on any atom is 0.833 e. The largest absolute Gasteiger partial charge is 0.833 e. The van der Waals surface area contributed by atoms with E-state index in [1.807, 2.05) is 26.2 Å². The summed E-state index contributed by atoms with van der Waals surface area (Å²) in [5.74, 6) is 0. The summed E-state index contributed by atoms with van der Waals surface area (Å²) in [6.45, 7) is 7.58. The van der Waals surface area contributed by atoms with Gasteiger partial charge in [-0.2, -0.15) is 0 Å². The Balaban J connectivity index is 3.34. The molecule has 0 saturated carbocycles. The summed E-state index contributed by atoms with van der Waals surface area (Å²) in [4.78, 5) is 0. The minimum absolute atomic E-state index is 1.30. The van der Waals surface area contributed by atoms with Gasteiger partial charge in [-0.05, 0) is 26.2 Å². The Bertz CT molecular complexity index is 125. The highest BCUT2D eigenvalue weighted by Gasteiger charge is 2.16. The van der Waals surface area contributed by atoms with Crippen LogP contribution in [0.2, 0.25) is 26.2 Å². The first-order chi connectivity index (χ1) is 5.52. The second-order valence-electron chi connectivity index (χ2n) is 2.71. The van der Waals surface area contributed by atoms with E-state index in [-0.39, 0.29) is 0 Å². The molecule has 0 fully saturated rings. The summed E-state index contributed by atoms with van der Waals surface area (Å²) < 4.78 is 29.1. The molecule has 12 heavy (non-hydrogen) atoms. The van der Waals surface area contributed by atoms with Gasteiger partial charge < -0.3 is 9.15 Å². The minimum atomic E-state index is -2.60. The Hall–Kier alpha value is -0.0294. The van der Waals surface area contributed by atoms with Crippen molar-refractivity contribution in [1.29, 1.82) is 0 Å². The van der Waals surface area contributed by atoms with Gasteiger partial charge in [0.05, 0.1) is 0 Å². The highest BCUT2D eigenvalue weighted by molar-refractivity contribution is 6.49. The topological polar surface area (TPSA) is 54.0 Å². The summed E-state index contributed by atoms with van der Waals surface area (Å²) in [5.41, 5.74) is 0. The van der Waals surface area contributed by atoms with E-state index in [4.69, 9.17) is 9.15 Å². The van der Waals surface area contributed by atoms with Crippen molar-refractivity contribution in [2.75, 3.05) is 0 Å². The molecule has 0 N–H and O–H groups in total. The van der Waals surface area contributed by atoms with Crippen molar-refractivity contribution < 1.29 is 22.8 Å². The van der Waals surface area contributed by atoms with Gasteiger partial charge >= 0.3 is 9.17 Å². The van der Waals surface area contributed by atoms with Gasteiger partial charge in [0.15, 0.2) is 0 Å². The molecule has 0 spiro atoms. The van der Waals surface area contributed by atoms with Crippen molar-refractivity contribution in [2.24, 2.45) is 0 Å². The maximum atomic E-state index is 10.8. The summed E-state index contributed by atoms with van der Waals surface area (Å²) in [5, 5.41) is 0. The van der Waals surface area contributed by atoms with Gasteiger partial charge in [-0.3, -0.25) is 13.6 Å². The summed E-state index contributed by atoms with van der Waals surface area (Å²) >= 11 is 0. The lowest BCUT2D eigenvalue weighted by atomic mass is 11.9. The third-order valence-corrected chi connectivity index (χ3v) is 2.43. The highest BCUT2D eigenvalue weighted by atomic mass is 28.3. The first-order valence-electron chi connectivity index (χ1n) is 3.73. The van der Waals surface area contributed by atoms with Crippen molar-refractivity contribution in [3.63, 3.8) is 0 Å². The molecule has 0 atom stereocenters. The van der Waals surface area contributed by atoms with Crippen LogP contribution in [0, 0.1) is 0 Å². The van der Waals surface area contributed by atoms with Crippen LogP contribution < -0.4 is 0 Å². The van der Waals surface area contributed by atoms with Crippen LogP contribution in [-0.2, 0) is 22.8 Å². The Morgan fingerprint density at radius 3 is 1.50 bits per heavy atom. The molecule has 0 aromatic carbocycles. The van der Waals surface area contributed by atoms with Gasteiger partial charge in [-0.25, -0.2) is 0 Å². The normalized spacial score (nSPS) is 10.5. The molecule has 0 aliphatic carbocycles. The van der Waals surface area contributed by atoms with Crippen LogP contribution >= 0.6 is 0 Å². The van der Waals surface area contributed by atoms with Crippen LogP contribution in [0.25, 0.3) is 0 Å². The number of hydrogen-bond donors (Lipinski definition) is 0. The molecule has 8 heteroatoms. The molecule has 0 aromatic rings. The van der Waals surface area contributed by atoms with E-state index in [0.717, 1.165) is 0 Å². The Labute approximate surface area is 76.8 Å². The second kappa shape index (κ2) is 6.48. The number of rotatable bonds is 6. The minimum Gasteiger partial charge on any atom is -0.339 e. The Morgan fingerprint density at radius 2 is 1.25 bits per heavy atom. The fraction of sp³-hybridized carbons (Fsp3) is 1.00. The van der Waals surface area contributed by atoms with Crippen LogP contribution in [0.1, 0.15) is 0 Å². The lowest BCUT2D eigenvalue weighted by molar-refractivity contribution is -0.199. The smallest absolute Gasteiger partial charge is 0.339 e. The van der Waals surface area contributed by atoms with Gasteiger partial charge in [0.1, 0.15) is 0 Å². The molecule has 0 bridgehead atoms. The van der Waals surface area contributed by atoms with Crippen molar-refractivity contribution in [2.45, 2.75) is 26.2 Å². The van der Waals surface area contributed by atoms with Gasteiger partial charge in [0.25, 0.3) is 0 Å². The molecule has 0 radical (unpaired) electrons. The first-order valence-corrected chi connectivity index (χ1v) is 10.5. The molecule has 72 valence electrons. The zero-order valence-electron chi connectivity index (χ0n) is 7.70. The van der Waals surface area contributed by atoms with Crippen molar-refractivity contribution >= 4 is 27.3 Å². The van der Waals surface area contributed by atoms with E-state index < -0.39 is 27.3 Å². The van der Waals surface area contributed by atoms with Crippen LogP contribution in [0.4, 0.5) is 0 Å². The monoisotopic (exact) mass is 226 g/mol. The van der Waals surface area contributed by atoms with Crippen LogP contribution in [0.15, 0.2) is 0 Å². The van der Waals surface area contributed by atoms with E-state index in [1.165, 1.54) is 0 Å². The fourth-order valence-electron chi connectivity index (χ4n) is 0.285. The summed E-state index contributed by atoms with van der Waals surface area (Å²) in [6.07, 6.45) is 0. The van der Waals surface area contributed by atoms with Crippen molar-refractivity contribution in [3.05, 3.63) is 0 Å². The van der Waals surface area contributed by atoms with E-state index >= 15 is 0 Å². The quantitative estimate of drug-likeness (QED) is 0.369. The first kappa shape index (κ1) is 12.0. The van der Waals surface area contributed by atoms with Crippen LogP contribution in [0.3, 0.4) is 0 Å². The predicted octanol–water partition coefficient (Wildman–Crippen LogP) is 0.265. The fourth-order valence-corrected chi connectivity index (χ4v) is 2.48. The van der Waals surface area contributed by atoms with Crippen LogP contribution in [-0.4, -0.2) is 27.3 Å². The zero-order chi connectivity index (χ0) is 9.56. The molecule has 0 aromatic heterocycles. The molecule has 0 unspecified atom stereocenters. The average Bonchev–Trinajstić information content (AvgIpc) is 1.96. The zero-order valence-corrected chi connectivity index (χ0v) is 11.0. The molecule has 0 amide bonds.